The van der Waals surface area contributed by atoms with Gasteiger partial charge in [0.05, 0.1) is 17.4 Å². The molecule has 3 nitrogen and oxygen atoms in total. The van der Waals surface area contributed by atoms with Crippen LogP contribution < -0.4 is 4.90 Å². The molecule has 0 aliphatic heterocycles. The molecule has 31 heavy (non-hydrogen) atoms. The van der Waals surface area contributed by atoms with E-state index in [0.29, 0.717) is 5.92 Å². The maximum absolute atomic E-state index is 6.29. The van der Waals surface area contributed by atoms with E-state index in [2.05, 4.69) is 79.7 Å². The van der Waals surface area contributed by atoms with Crippen LogP contribution in [0.1, 0.15) is 20.8 Å². The van der Waals surface area contributed by atoms with Crippen LogP contribution in [0.4, 0.5) is 11.4 Å². The molecule has 0 radical (unpaired) electrons. The molecule has 0 saturated carbocycles. The number of rotatable bonds is 5. The van der Waals surface area contributed by atoms with Gasteiger partial charge in [0.2, 0.25) is 0 Å². The van der Waals surface area contributed by atoms with Crippen LogP contribution >= 0.6 is 0 Å². The molecule has 3 heteroatoms. The molecule has 0 saturated heterocycles. The number of benzene rings is 3. The molecule has 0 N–H and O–H groups in total. The minimum atomic E-state index is -0.305. The van der Waals surface area contributed by atoms with Crippen molar-refractivity contribution >= 4 is 44.1 Å². The second-order valence-electron chi connectivity index (χ2n) is 8.55. The Morgan fingerprint density at radius 1 is 0.871 bits per heavy atom. The molecule has 2 aromatic heterocycles. The van der Waals surface area contributed by atoms with Crippen molar-refractivity contribution in [1.82, 2.24) is 4.98 Å². The molecule has 0 spiro atoms. The fourth-order valence-corrected chi connectivity index (χ4v) is 4.43. The van der Waals surface area contributed by atoms with Gasteiger partial charge in [0.1, 0.15) is 11.2 Å². The standard InChI is InChI=1S/C28H26N2O/c1-5-28(4,19(2)3)30(20-11-7-6-8-12-20)25-18-29-17-24-21(25)15-16-23-22-13-9-10-14-26(22)31-27(23)24/h5-19H,1H2,2-4H3/t28-/m1/s1. The Morgan fingerprint density at radius 2 is 1.58 bits per heavy atom. The monoisotopic (exact) mass is 406 g/mol. The Balaban J connectivity index is 1.84. The van der Waals surface area contributed by atoms with Gasteiger partial charge in [0.15, 0.2) is 0 Å². The van der Waals surface area contributed by atoms with Crippen molar-refractivity contribution in [3.8, 4) is 0 Å². The molecule has 5 aromatic rings. The first-order valence-electron chi connectivity index (χ1n) is 10.7. The van der Waals surface area contributed by atoms with E-state index in [1.54, 1.807) is 0 Å². The van der Waals surface area contributed by atoms with Crippen molar-refractivity contribution in [2.24, 2.45) is 5.92 Å². The Morgan fingerprint density at radius 3 is 2.32 bits per heavy atom. The molecular formula is C28H26N2O. The highest BCUT2D eigenvalue weighted by molar-refractivity contribution is 6.17. The lowest BCUT2D eigenvalue weighted by molar-refractivity contribution is 0.413. The van der Waals surface area contributed by atoms with Crippen LogP contribution in [0.15, 0.2) is 96.2 Å². The zero-order chi connectivity index (χ0) is 21.6. The van der Waals surface area contributed by atoms with Gasteiger partial charge in [-0.25, -0.2) is 0 Å². The van der Waals surface area contributed by atoms with Crippen LogP contribution in [0.3, 0.4) is 0 Å². The molecule has 5 rings (SSSR count). The lowest BCUT2D eigenvalue weighted by atomic mass is 9.85. The second-order valence-corrected chi connectivity index (χ2v) is 8.55. The highest BCUT2D eigenvalue weighted by Gasteiger charge is 2.34. The van der Waals surface area contributed by atoms with Gasteiger partial charge in [-0.2, -0.15) is 0 Å². The number of nitrogens with zero attached hydrogens (tertiary/aromatic N) is 2. The summed E-state index contributed by atoms with van der Waals surface area (Å²) in [5, 5.41) is 4.37. The van der Waals surface area contributed by atoms with E-state index >= 15 is 0 Å². The quantitative estimate of drug-likeness (QED) is 0.278. The van der Waals surface area contributed by atoms with Gasteiger partial charge in [-0.15, -0.1) is 6.58 Å². The third kappa shape index (κ3) is 2.92. The summed E-state index contributed by atoms with van der Waals surface area (Å²) >= 11 is 0. The van der Waals surface area contributed by atoms with E-state index in [1.807, 2.05) is 42.7 Å². The van der Waals surface area contributed by atoms with Crippen molar-refractivity contribution in [2.75, 3.05) is 4.90 Å². The SMILES string of the molecule is C=C[C@](C)(C(C)C)N(c1ccccc1)c1cncc2c1ccc1c3ccccc3oc21. The van der Waals surface area contributed by atoms with Crippen molar-refractivity contribution in [3.05, 3.63) is 91.8 Å². The number of furan rings is 1. The number of pyridine rings is 1. The van der Waals surface area contributed by atoms with Crippen LogP contribution in [0.2, 0.25) is 0 Å². The minimum absolute atomic E-state index is 0.305. The highest BCUT2D eigenvalue weighted by Crippen LogP contribution is 2.43. The van der Waals surface area contributed by atoms with E-state index in [-0.39, 0.29) is 5.54 Å². The summed E-state index contributed by atoms with van der Waals surface area (Å²) in [6, 6.07) is 23.0. The summed E-state index contributed by atoms with van der Waals surface area (Å²) in [4.78, 5) is 7.01. The first kappa shape index (κ1) is 19.4. The smallest absolute Gasteiger partial charge is 0.144 e. The minimum Gasteiger partial charge on any atom is -0.455 e. The zero-order valence-corrected chi connectivity index (χ0v) is 18.2. The molecule has 0 aliphatic rings. The van der Waals surface area contributed by atoms with Crippen LogP contribution in [0.5, 0.6) is 0 Å². The van der Waals surface area contributed by atoms with Gasteiger partial charge < -0.3 is 9.32 Å². The topological polar surface area (TPSA) is 29.3 Å². The highest BCUT2D eigenvalue weighted by atomic mass is 16.3. The zero-order valence-electron chi connectivity index (χ0n) is 18.2. The van der Waals surface area contributed by atoms with Gasteiger partial charge in [-0.1, -0.05) is 62.4 Å². The van der Waals surface area contributed by atoms with Crippen LogP contribution in [-0.4, -0.2) is 10.5 Å². The molecule has 0 aliphatic carbocycles. The molecule has 0 unspecified atom stereocenters. The molecule has 0 bridgehead atoms. The summed E-state index contributed by atoms with van der Waals surface area (Å²) in [6.07, 6.45) is 5.91. The van der Waals surface area contributed by atoms with Crippen LogP contribution in [0.25, 0.3) is 32.7 Å². The molecular weight excluding hydrogens is 380 g/mol. The van der Waals surface area contributed by atoms with Crippen LogP contribution in [0, 0.1) is 5.92 Å². The summed E-state index contributed by atoms with van der Waals surface area (Å²) in [6.45, 7) is 10.9. The van der Waals surface area contributed by atoms with Gasteiger partial charge in [0, 0.05) is 33.4 Å². The number of para-hydroxylation sites is 2. The third-order valence-electron chi connectivity index (χ3n) is 6.58. The van der Waals surface area contributed by atoms with Crippen molar-refractivity contribution < 1.29 is 4.42 Å². The van der Waals surface area contributed by atoms with Gasteiger partial charge in [0.25, 0.3) is 0 Å². The summed E-state index contributed by atoms with van der Waals surface area (Å²) < 4.78 is 6.29. The third-order valence-corrected chi connectivity index (χ3v) is 6.58. The molecule has 3 aromatic carbocycles. The largest absolute Gasteiger partial charge is 0.455 e. The Hall–Kier alpha value is -3.59. The Kier molecular flexibility index (Phi) is 4.55. The van der Waals surface area contributed by atoms with E-state index in [4.69, 9.17) is 4.42 Å². The molecule has 0 fully saturated rings. The van der Waals surface area contributed by atoms with Crippen molar-refractivity contribution in [1.29, 1.82) is 0 Å². The average molecular weight is 407 g/mol. The maximum Gasteiger partial charge on any atom is 0.144 e. The number of hydrogen-bond acceptors (Lipinski definition) is 3. The fraction of sp³-hybridized carbons (Fsp3) is 0.179. The van der Waals surface area contributed by atoms with Gasteiger partial charge in [-0.05, 0) is 37.1 Å². The van der Waals surface area contributed by atoms with E-state index in [9.17, 15) is 0 Å². The number of aromatic nitrogens is 1. The van der Waals surface area contributed by atoms with E-state index in [0.717, 1.165) is 44.1 Å². The fourth-order valence-electron chi connectivity index (χ4n) is 4.43. The predicted molar refractivity (Wildman–Crippen MR) is 131 cm³/mol. The Bertz CT molecular complexity index is 1400. The lowest BCUT2D eigenvalue weighted by Crippen LogP contribution is -2.46. The summed E-state index contributed by atoms with van der Waals surface area (Å²) in [7, 11) is 0. The molecule has 154 valence electrons. The Labute approximate surface area is 182 Å². The van der Waals surface area contributed by atoms with Crippen LogP contribution in [-0.2, 0) is 0 Å². The maximum atomic E-state index is 6.29. The predicted octanol–water partition coefficient (Wildman–Crippen LogP) is 7.87. The lowest BCUT2D eigenvalue weighted by Gasteiger charge is -2.44. The molecule has 0 amide bonds. The number of hydrogen-bond donors (Lipinski definition) is 0. The first-order valence-corrected chi connectivity index (χ1v) is 10.7. The molecule has 1 atom stereocenters. The molecule has 2 heterocycles. The normalized spacial score (nSPS) is 13.7. The first-order chi connectivity index (χ1) is 15.0. The van der Waals surface area contributed by atoms with E-state index in [1.165, 1.54) is 0 Å². The van der Waals surface area contributed by atoms with Gasteiger partial charge >= 0.3 is 0 Å². The number of anilines is 2. The summed E-state index contributed by atoms with van der Waals surface area (Å²) in [5.41, 5.74) is 3.62. The summed E-state index contributed by atoms with van der Waals surface area (Å²) in [5.74, 6) is 0.329. The average Bonchev–Trinajstić information content (AvgIpc) is 3.19. The van der Waals surface area contributed by atoms with E-state index < -0.39 is 0 Å². The van der Waals surface area contributed by atoms with Crippen molar-refractivity contribution in [3.63, 3.8) is 0 Å². The second kappa shape index (κ2) is 7.28. The number of fused-ring (bicyclic) bond motifs is 5. The van der Waals surface area contributed by atoms with Gasteiger partial charge in [-0.3, -0.25) is 4.98 Å². The van der Waals surface area contributed by atoms with Crippen molar-refractivity contribution in [2.45, 2.75) is 26.3 Å².